The maximum absolute atomic E-state index is 5.77. The molecule has 0 saturated heterocycles. The minimum Gasteiger partial charge on any atom is -0.367 e. The Morgan fingerprint density at radius 1 is 0.923 bits per heavy atom. The molecule has 1 fully saturated rings. The van der Waals surface area contributed by atoms with Gasteiger partial charge < -0.3 is 15.5 Å². The molecular formula is C19H21ClN6. The second-order valence-electron chi connectivity index (χ2n) is 6.54. The molecule has 0 unspecified atom stereocenters. The van der Waals surface area contributed by atoms with Crippen molar-refractivity contribution in [1.29, 1.82) is 0 Å². The fraction of sp³-hybridized carbons (Fsp3) is 0.316. The topological polar surface area (TPSA) is 66.0 Å². The van der Waals surface area contributed by atoms with Crippen molar-refractivity contribution in [1.82, 2.24) is 15.0 Å². The molecule has 0 bridgehead atoms. The third-order valence-electron chi connectivity index (χ3n) is 4.65. The first-order chi connectivity index (χ1) is 12.8. The van der Waals surface area contributed by atoms with E-state index in [9.17, 15) is 0 Å². The lowest BCUT2D eigenvalue weighted by atomic mass is 10.2. The molecule has 2 aliphatic rings. The van der Waals surface area contributed by atoms with Crippen molar-refractivity contribution in [2.75, 3.05) is 22.1 Å². The van der Waals surface area contributed by atoms with E-state index in [0.717, 1.165) is 43.1 Å². The lowest BCUT2D eigenvalue weighted by molar-refractivity contribution is 0.719. The Kier molecular flexibility index (Phi) is 5.02. The highest BCUT2D eigenvalue weighted by Crippen LogP contribution is 2.25. The summed E-state index contributed by atoms with van der Waals surface area (Å²) in [5, 5.41) is 7.37. The summed E-state index contributed by atoms with van der Waals surface area (Å²) in [6.07, 6.45) is 16.6. The number of halogens is 1. The predicted molar refractivity (Wildman–Crippen MR) is 106 cm³/mol. The van der Waals surface area contributed by atoms with E-state index >= 15 is 0 Å². The van der Waals surface area contributed by atoms with Crippen LogP contribution in [0.15, 0.2) is 55.2 Å². The van der Waals surface area contributed by atoms with Crippen LogP contribution in [0.3, 0.4) is 0 Å². The van der Waals surface area contributed by atoms with Crippen molar-refractivity contribution < 1.29 is 0 Å². The van der Waals surface area contributed by atoms with Crippen LogP contribution in [0.1, 0.15) is 19.3 Å². The van der Waals surface area contributed by atoms with Crippen molar-refractivity contribution in [2.45, 2.75) is 31.3 Å². The second-order valence-corrected chi connectivity index (χ2v) is 6.93. The summed E-state index contributed by atoms with van der Waals surface area (Å²) in [4.78, 5) is 15.0. The van der Waals surface area contributed by atoms with Crippen LogP contribution >= 0.6 is 11.6 Å². The van der Waals surface area contributed by atoms with E-state index in [0.29, 0.717) is 17.2 Å². The van der Waals surface area contributed by atoms with Crippen LogP contribution in [0.25, 0.3) is 0 Å². The highest BCUT2D eigenvalue weighted by molar-refractivity contribution is 6.29. The summed E-state index contributed by atoms with van der Waals surface area (Å²) in [5.74, 6) is 1.69. The average Bonchev–Trinajstić information content (AvgIpc) is 3.12. The number of nitrogens with one attached hydrogen (secondary N) is 2. The third-order valence-corrected chi connectivity index (χ3v) is 4.85. The van der Waals surface area contributed by atoms with Gasteiger partial charge in [0.15, 0.2) is 0 Å². The Morgan fingerprint density at radius 2 is 1.73 bits per heavy atom. The highest BCUT2D eigenvalue weighted by atomic mass is 35.5. The lowest BCUT2D eigenvalue weighted by Gasteiger charge is -2.21. The summed E-state index contributed by atoms with van der Waals surface area (Å²) in [5.41, 5.74) is 1.10. The number of aromatic nitrogens is 3. The Morgan fingerprint density at radius 3 is 2.38 bits per heavy atom. The Labute approximate surface area is 158 Å². The van der Waals surface area contributed by atoms with Gasteiger partial charge in [-0.3, -0.25) is 0 Å². The van der Waals surface area contributed by atoms with Gasteiger partial charge in [-0.2, -0.15) is 0 Å². The molecule has 1 saturated carbocycles. The third kappa shape index (κ3) is 4.14. The molecule has 4 rings (SSSR count). The van der Waals surface area contributed by atoms with Gasteiger partial charge in [0.25, 0.3) is 0 Å². The molecule has 2 atom stereocenters. The molecule has 0 spiro atoms. The number of pyridine rings is 1. The van der Waals surface area contributed by atoms with Crippen molar-refractivity contribution >= 4 is 28.9 Å². The van der Waals surface area contributed by atoms with Crippen molar-refractivity contribution in [3.05, 3.63) is 60.3 Å². The first-order valence-corrected chi connectivity index (χ1v) is 9.21. The molecule has 6 nitrogen and oxygen atoms in total. The zero-order valence-corrected chi connectivity index (χ0v) is 15.1. The van der Waals surface area contributed by atoms with E-state index in [2.05, 4.69) is 54.9 Å². The van der Waals surface area contributed by atoms with Crippen molar-refractivity contribution in [3.63, 3.8) is 0 Å². The van der Waals surface area contributed by atoms with Gasteiger partial charge in [-0.1, -0.05) is 23.8 Å². The highest BCUT2D eigenvalue weighted by Gasteiger charge is 2.25. The summed E-state index contributed by atoms with van der Waals surface area (Å²) in [6, 6.07) is 4.94. The minimum absolute atomic E-state index is 0.382. The molecule has 1 aliphatic heterocycles. The van der Waals surface area contributed by atoms with Crippen LogP contribution in [-0.2, 0) is 0 Å². The van der Waals surface area contributed by atoms with Crippen LogP contribution in [0.4, 0.5) is 17.3 Å². The fourth-order valence-electron chi connectivity index (χ4n) is 3.35. The largest absolute Gasteiger partial charge is 0.367 e. The number of rotatable bonds is 5. The first kappa shape index (κ1) is 16.8. The van der Waals surface area contributed by atoms with Gasteiger partial charge in [-0.15, -0.1) is 0 Å². The van der Waals surface area contributed by atoms with Gasteiger partial charge >= 0.3 is 0 Å². The molecule has 2 aromatic rings. The number of nitrogens with zero attached hydrogens (tertiary/aromatic N) is 4. The number of anilines is 3. The molecule has 0 amide bonds. The average molecular weight is 369 g/mol. The van der Waals surface area contributed by atoms with Gasteiger partial charge in [0.2, 0.25) is 0 Å². The SMILES string of the molecule is Clc1cnc(N[C@H]2CC[C@H](Nc3ccc(N4C=CC=CC4)cn3)C2)cn1. The number of hydrogen-bond acceptors (Lipinski definition) is 6. The molecule has 7 heteroatoms. The van der Waals surface area contributed by atoms with E-state index < -0.39 is 0 Å². The van der Waals surface area contributed by atoms with Gasteiger partial charge in [0.1, 0.15) is 16.8 Å². The fourth-order valence-corrected chi connectivity index (χ4v) is 3.45. The molecule has 134 valence electrons. The first-order valence-electron chi connectivity index (χ1n) is 8.83. The van der Waals surface area contributed by atoms with Gasteiger partial charge in [-0.05, 0) is 37.5 Å². The predicted octanol–water partition coefficient (Wildman–Crippen LogP) is 3.86. The maximum Gasteiger partial charge on any atom is 0.147 e. The van der Waals surface area contributed by atoms with Crippen LogP contribution in [0.5, 0.6) is 0 Å². The smallest absolute Gasteiger partial charge is 0.147 e. The van der Waals surface area contributed by atoms with E-state index in [1.807, 2.05) is 18.3 Å². The molecule has 2 N–H and O–H groups in total. The Balaban J connectivity index is 1.30. The zero-order chi connectivity index (χ0) is 17.8. The van der Waals surface area contributed by atoms with Crippen LogP contribution in [-0.4, -0.2) is 33.6 Å². The maximum atomic E-state index is 5.77. The summed E-state index contributed by atoms with van der Waals surface area (Å²) < 4.78 is 0. The number of hydrogen-bond donors (Lipinski definition) is 2. The summed E-state index contributed by atoms with van der Waals surface area (Å²) in [6.45, 7) is 0.883. The Bertz CT molecular complexity index is 787. The van der Waals surface area contributed by atoms with Gasteiger partial charge in [-0.25, -0.2) is 15.0 Å². The van der Waals surface area contributed by atoms with Gasteiger partial charge in [0, 0.05) is 24.8 Å². The van der Waals surface area contributed by atoms with E-state index in [1.165, 1.54) is 0 Å². The van der Waals surface area contributed by atoms with Crippen molar-refractivity contribution in [3.8, 4) is 0 Å². The van der Waals surface area contributed by atoms with Crippen LogP contribution < -0.4 is 15.5 Å². The zero-order valence-electron chi connectivity index (χ0n) is 14.3. The minimum atomic E-state index is 0.382. The molecule has 3 heterocycles. The van der Waals surface area contributed by atoms with Gasteiger partial charge in [0.05, 0.1) is 24.3 Å². The van der Waals surface area contributed by atoms with Crippen molar-refractivity contribution in [2.24, 2.45) is 0 Å². The second kappa shape index (κ2) is 7.74. The standard InChI is InChI=1S/C19H21ClN6/c20-17-12-23-19(13-21-17)25-15-5-4-14(10-15)24-18-7-6-16(11-22-18)26-8-2-1-3-9-26/h1-3,6-8,11-15H,4-5,9-10H2,(H,22,24)(H,23,25)/t14-,15-/m0/s1. The number of allylic oxidation sites excluding steroid dienone is 2. The van der Waals surface area contributed by atoms with Crippen LogP contribution in [0, 0.1) is 0 Å². The van der Waals surface area contributed by atoms with Crippen LogP contribution in [0.2, 0.25) is 5.15 Å². The Hall–Kier alpha value is -2.60. The summed E-state index contributed by atoms with van der Waals surface area (Å²) >= 11 is 5.77. The molecule has 1 aliphatic carbocycles. The molecule has 0 radical (unpaired) electrons. The lowest BCUT2D eigenvalue weighted by Crippen LogP contribution is -2.22. The molecular weight excluding hydrogens is 348 g/mol. The van der Waals surface area contributed by atoms with E-state index in [4.69, 9.17) is 11.6 Å². The monoisotopic (exact) mass is 368 g/mol. The summed E-state index contributed by atoms with van der Waals surface area (Å²) in [7, 11) is 0. The normalized spacial score (nSPS) is 21.8. The van der Waals surface area contributed by atoms with E-state index in [1.54, 1.807) is 12.4 Å². The molecule has 2 aromatic heterocycles. The molecule has 26 heavy (non-hydrogen) atoms. The van der Waals surface area contributed by atoms with E-state index in [-0.39, 0.29) is 0 Å². The quantitative estimate of drug-likeness (QED) is 0.835. The molecule has 0 aromatic carbocycles.